The number of carbonyl (C=O) groups is 1. The molecule has 1 unspecified atom stereocenters. The molecule has 5 nitrogen and oxygen atoms in total. The van der Waals surface area contributed by atoms with E-state index in [0.29, 0.717) is 0 Å². The van der Waals surface area contributed by atoms with Crippen LogP contribution in [0.1, 0.15) is 74.7 Å². The summed E-state index contributed by atoms with van der Waals surface area (Å²) in [6, 6.07) is 0. The van der Waals surface area contributed by atoms with E-state index in [2.05, 4.69) is 46.0 Å². The number of amides is 1. The Morgan fingerprint density at radius 1 is 1.17 bits per heavy atom. The SMILES string of the molecule is CC1(NC(=O)OC(C)(C)C)CC=C(B2OC(C)(C)C(C)(C)O2)CC1. The molecule has 1 saturated heterocycles. The van der Waals surface area contributed by atoms with Gasteiger partial charge in [-0.3, -0.25) is 0 Å². The molecule has 24 heavy (non-hydrogen) atoms. The molecule has 1 N–H and O–H groups in total. The van der Waals surface area contributed by atoms with Crippen LogP contribution in [0.15, 0.2) is 11.5 Å². The fourth-order valence-electron chi connectivity index (χ4n) is 2.85. The van der Waals surface area contributed by atoms with E-state index < -0.39 is 5.60 Å². The minimum atomic E-state index is -0.487. The number of alkyl carbamates (subject to hydrolysis) is 1. The van der Waals surface area contributed by atoms with Crippen molar-refractivity contribution < 1.29 is 18.8 Å². The molecule has 0 aromatic rings. The molecule has 1 aliphatic carbocycles. The molecule has 1 fully saturated rings. The number of ether oxygens (including phenoxy) is 1. The van der Waals surface area contributed by atoms with Gasteiger partial charge in [-0.05, 0) is 80.1 Å². The molecule has 0 spiro atoms. The van der Waals surface area contributed by atoms with E-state index in [4.69, 9.17) is 14.0 Å². The monoisotopic (exact) mass is 337 g/mol. The predicted molar refractivity (Wildman–Crippen MR) is 95.8 cm³/mol. The maximum atomic E-state index is 12.0. The van der Waals surface area contributed by atoms with Crippen LogP contribution < -0.4 is 5.32 Å². The molecule has 0 saturated carbocycles. The van der Waals surface area contributed by atoms with Gasteiger partial charge in [0.05, 0.1) is 11.2 Å². The summed E-state index contributed by atoms with van der Waals surface area (Å²) in [6.07, 6.45) is 4.19. The lowest BCUT2D eigenvalue weighted by Crippen LogP contribution is -2.49. The molecular weight excluding hydrogens is 305 g/mol. The standard InChI is InChI=1S/C18H32BNO4/c1-15(2,3)22-14(21)20-18(8)11-9-13(10-12-18)19-23-16(4,5)17(6,7)24-19/h9H,10-12H2,1-8H3,(H,20,21). The van der Waals surface area contributed by atoms with E-state index in [9.17, 15) is 4.79 Å². The summed E-state index contributed by atoms with van der Waals surface area (Å²) in [5.74, 6) is 0. The molecule has 6 heteroatoms. The molecule has 0 bridgehead atoms. The molecule has 136 valence electrons. The highest BCUT2D eigenvalue weighted by atomic mass is 16.7. The number of carbonyl (C=O) groups excluding carboxylic acids is 1. The van der Waals surface area contributed by atoms with Gasteiger partial charge in [0.25, 0.3) is 0 Å². The molecular formula is C18H32BNO4. The first kappa shape index (κ1) is 19.3. The Morgan fingerprint density at radius 3 is 2.12 bits per heavy atom. The van der Waals surface area contributed by atoms with Crippen molar-refractivity contribution in [1.29, 1.82) is 0 Å². The van der Waals surface area contributed by atoms with Crippen LogP contribution in [-0.4, -0.2) is 35.6 Å². The molecule has 1 amide bonds. The van der Waals surface area contributed by atoms with Gasteiger partial charge in [0.2, 0.25) is 0 Å². The first-order valence-electron chi connectivity index (χ1n) is 8.79. The zero-order chi connectivity index (χ0) is 18.4. The van der Waals surface area contributed by atoms with Crippen LogP contribution in [0.25, 0.3) is 0 Å². The van der Waals surface area contributed by atoms with Crippen LogP contribution in [0.3, 0.4) is 0 Å². The highest BCUT2D eigenvalue weighted by Gasteiger charge is 2.52. The Hall–Kier alpha value is -1.01. The van der Waals surface area contributed by atoms with Crippen molar-refractivity contribution in [3.63, 3.8) is 0 Å². The Labute approximate surface area is 146 Å². The molecule has 1 aliphatic heterocycles. The van der Waals surface area contributed by atoms with Crippen molar-refractivity contribution in [1.82, 2.24) is 5.32 Å². The van der Waals surface area contributed by atoms with Gasteiger partial charge < -0.3 is 19.4 Å². The van der Waals surface area contributed by atoms with Crippen molar-refractivity contribution in [3.8, 4) is 0 Å². The Bertz CT molecular complexity index is 520. The van der Waals surface area contributed by atoms with E-state index in [-0.39, 0.29) is 30.0 Å². The van der Waals surface area contributed by atoms with Crippen LogP contribution in [0.4, 0.5) is 4.79 Å². The summed E-state index contributed by atoms with van der Waals surface area (Å²) in [7, 11) is -0.291. The van der Waals surface area contributed by atoms with Gasteiger partial charge in [0, 0.05) is 5.54 Å². The van der Waals surface area contributed by atoms with Crippen LogP contribution in [0.5, 0.6) is 0 Å². The third-order valence-electron chi connectivity index (χ3n) is 5.14. The molecule has 1 heterocycles. The second kappa shape index (κ2) is 6.06. The van der Waals surface area contributed by atoms with Crippen molar-refractivity contribution in [3.05, 3.63) is 11.5 Å². The molecule has 2 rings (SSSR count). The lowest BCUT2D eigenvalue weighted by atomic mass is 9.69. The van der Waals surface area contributed by atoms with Gasteiger partial charge >= 0.3 is 13.2 Å². The maximum absolute atomic E-state index is 12.0. The van der Waals surface area contributed by atoms with Crippen LogP contribution in [-0.2, 0) is 14.0 Å². The molecule has 0 aromatic carbocycles. The maximum Gasteiger partial charge on any atom is 0.490 e. The minimum absolute atomic E-state index is 0.291. The zero-order valence-corrected chi connectivity index (χ0v) is 16.4. The first-order valence-corrected chi connectivity index (χ1v) is 8.79. The van der Waals surface area contributed by atoms with E-state index >= 15 is 0 Å². The number of allylic oxidation sites excluding steroid dienone is 1. The van der Waals surface area contributed by atoms with Gasteiger partial charge in [-0.25, -0.2) is 4.79 Å². The summed E-state index contributed by atoms with van der Waals surface area (Å²) in [4.78, 5) is 12.0. The quantitative estimate of drug-likeness (QED) is 0.774. The second-order valence-electron chi connectivity index (χ2n) is 9.26. The van der Waals surface area contributed by atoms with Crippen molar-refractivity contribution >= 4 is 13.2 Å². The third kappa shape index (κ3) is 4.34. The predicted octanol–water partition coefficient (Wildman–Crippen LogP) is 4.01. The van der Waals surface area contributed by atoms with E-state index in [1.807, 2.05) is 20.8 Å². The fourth-order valence-corrected chi connectivity index (χ4v) is 2.85. The smallest absolute Gasteiger partial charge is 0.444 e. The largest absolute Gasteiger partial charge is 0.490 e. The van der Waals surface area contributed by atoms with E-state index in [0.717, 1.165) is 24.7 Å². The Kier molecular flexibility index (Phi) is 4.88. The average molecular weight is 337 g/mol. The number of nitrogens with one attached hydrogen (secondary N) is 1. The summed E-state index contributed by atoms with van der Waals surface area (Å²) in [5, 5.41) is 3.01. The number of hydrogen-bond donors (Lipinski definition) is 1. The van der Waals surface area contributed by atoms with Gasteiger partial charge in [-0.2, -0.15) is 0 Å². The highest BCUT2D eigenvalue weighted by molar-refractivity contribution is 6.54. The fraction of sp³-hybridized carbons (Fsp3) is 0.833. The molecule has 0 aromatic heterocycles. The third-order valence-corrected chi connectivity index (χ3v) is 5.14. The van der Waals surface area contributed by atoms with Gasteiger partial charge in [0.1, 0.15) is 5.60 Å². The zero-order valence-electron chi connectivity index (χ0n) is 16.4. The van der Waals surface area contributed by atoms with Crippen LogP contribution >= 0.6 is 0 Å². The summed E-state index contributed by atoms with van der Waals surface area (Å²) >= 11 is 0. The Morgan fingerprint density at radius 2 is 1.71 bits per heavy atom. The second-order valence-corrected chi connectivity index (χ2v) is 9.26. The lowest BCUT2D eigenvalue weighted by Gasteiger charge is -2.35. The Balaban J connectivity index is 1.98. The van der Waals surface area contributed by atoms with Crippen molar-refractivity contribution in [2.24, 2.45) is 0 Å². The van der Waals surface area contributed by atoms with Gasteiger partial charge in [-0.1, -0.05) is 6.08 Å². The molecule has 2 aliphatic rings. The summed E-state index contributed by atoms with van der Waals surface area (Å²) < 4.78 is 17.6. The minimum Gasteiger partial charge on any atom is -0.444 e. The summed E-state index contributed by atoms with van der Waals surface area (Å²) in [6.45, 7) is 15.9. The van der Waals surface area contributed by atoms with Crippen molar-refractivity contribution in [2.45, 2.75) is 97.0 Å². The average Bonchev–Trinajstić information content (AvgIpc) is 2.55. The van der Waals surface area contributed by atoms with Crippen LogP contribution in [0.2, 0.25) is 0 Å². The van der Waals surface area contributed by atoms with Crippen LogP contribution in [0, 0.1) is 0 Å². The van der Waals surface area contributed by atoms with Gasteiger partial charge in [-0.15, -0.1) is 0 Å². The number of hydrogen-bond acceptors (Lipinski definition) is 4. The first-order chi connectivity index (χ1) is 10.7. The molecule has 1 atom stereocenters. The number of rotatable bonds is 2. The van der Waals surface area contributed by atoms with E-state index in [1.165, 1.54) is 0 Å². The lowest BCUT2D eigenvalue weighted by molar-refractivity contribution is 0.00578. The van der Waals surface area contributed by atoms with Crippen molar-refractivity contribution in [2.75, 3.05) is 0 Å². The molecule has 0 radical (unpaired) electrons. The van der Waals surface area contributed by atoms with Gasteiger partial charge in [0.15, 0.2) is 0 Å². The normalized spacial score (nSPS) is 29.2. The topological polar surface area (TPSA) is 56.8 Å². The van der Waals surface area contributed by atoms with E-state index in [1.54, 1.807) is 0 Å². The summed E-state index contributed by atoms with van der Waals surface area (Å²) in [5.41, 5.74) is -0.270. The highest BCUT2D eigenvalue weighted by Crippen LogP contribution is 2.41.